The Hall–Kier alpha value is -4.22. The van der Waals surface area contributed by atoms with Gasteiger partial charge in [0, 0.05) is 44.5 Å². The number of hydrogen-bond donors (Lipinski definition) is 1. The number of piperidine rings is 1. The molecule has 0 radical (unpaired) electrons. The lowest BCUT2D eigenvalue weighted by Crippen LogP contribution is -2.48. The highest BCUT2D eigenvalue weighted by molar-refractivity contribution is 6.21. The summed E-state index contributed by atoms with van der Waals surface area (Å²) >= 11 is 0. The number of imide groups is 1. The highest BCUT2D eigenvalue weighted by atomic mass is 16.7. The fourth-order valence-electron chi connectivity index (χ4n) is 7.43. The zero-order valence-electron chi connectivity index (χ0n) is 27.3. The number of benzene rings is 4. The van der Waals surface area contributed by atoms with Gasteiger partial charge in [0.15, 0.2) is 12.1 Å². The maximum Gasteiger partial charge on any atom is 0.261 e. The van der Waals surface area contributed by atoms with Crippen LogP contribution in [-0.2, 0) is 32.1 Å². The highest BCUT2D eigenvalue weighted by Gasteiger charge is 2.41. The Bertz CT molecular complexity index is 1770. The van der Waals surface area contributed by atoms with Crippen LogP contribution in [0.1, 0.15) is 74.6 Å². The van der Waals surface area contributed by atoms with Gasteiger partial charge >= 0.3 is 0 Å². The van der Waals surface area contributed by atoms with Gasteiger partial charge in [0.1, 0.15) is 0 Å². The Kier molecular flexibility index (Phi) is 8.88. The van der Waals surface area contributed by atoms with Gasteiger partial charge in [-0.2, -0.15) is 0 Å². The van der Waals surface area contributed by atoms with Crippen molar-refractivity contribution in [3.05, 3.63) is 130 Å². The van der Waals surface area contributed by atoms with Crippen LogP contribution in [0.15, 0.2) is 97.1 Å². The summed E-state index contributed by atoms with van der Waals surface area (Å²) in [6.07, 6.45) is 1.68. The van der Waals surface area contributed by atoms with Gasteiger partial charge in [0.2, 0.25) is 0 Å². The number of carbonyl (C=O) groups is 2. The molecule has 0 saturated carbocycles. The average Bonchev–Trinajstić information content (AvgIpc) is 3.71. The molecule has 8 rings (SSSR count). The van der Waals surface area contributed by atoms with Crippen molar-refractivity contribution in [3.8, 4) is 11.1 Å². The molecule has 252 valence electrons. The van der Waals surface area contributed by atoms with Crippen molar-refractivity contribution < 1.29 is 33.6 Å². The largest absolute Gasteiger partial charge is 0.392 e. The minimum Gasteiger partial charge on any atom is -0.392 e. The number of aliphatic hydroxyl groups is 1. The van der Waals surface area contributed by atoms with E-state index < -0.39 is 12.1 Å². The first kappa shape index (κ1) is 32.0. The van der Waals surface area contributed by atoms with Crippen LogP contribution in [0.5, 0.6) is 0 Å². The summed E-state index contributed by atoms with van der Waals surface area (Å²) in [7, 11) is 0. The summed E-state index contributed by atoms with van der Waals surface area (Å²) in [6, 6.07) is 31.1. The maximum absolute atomic E-state index is 12.9. The van der Waals surface area contributed by atoms with Crippen molar-refractivity contribution in [2.75, 3.05) is 32.8 Å². The van der Waals surface area contributed by atoms with Crippen LogP contribution in [0.25, 0.3) is 11.1 Å². The topological polar surface area (TPSA) is 97.8 Å². The standard InChI is InChI=1S/C40H40N2O7/c43-26-27-8-10-30(11-9-27)36-23-33(25-41-18-16-40(17-19-41)46-20-21-47-40)48-39(49-36)31-14-12-29(13-15-31)32-5-3-4-28(22-32)24-42-37(44)34-6-1-2-7-35(34)38(42)45/h1-15,22,33,36,39,43H,16-21,23-26H2. The summed E-state index contributed by atoms with van der Waals surface area (Å²) in [4.78, 5) is 29.6. The smallest absolute Gasteiger partial charge is 0.261 e. The normalized spacial score (nSPS) is 23.7. The fourth-order valence-corrected chi connectivity index (χ4v) is 7.43. The molecule has 3 unspecified atom stereocenters. The van der Waals surface area contributed by atoms with E-state index in [9.17, 15) is 14.7 Å². The summed E-state index contributed by atoms with van der Waals surface area (Å²) in [5, 5.41) is 9.57. The van der Waals surface area contributed by atoms with Crippen LogP contribution in [0.4, 0.5) is 0 Å². The molecule has 4 aliphatic heterocycles. The number of ether oxygens (including phenoxy) is 4. The van der Waals surface area contributed by atoms with E-state index in [0.717, 1.165) is 72.3 Å². The molecule has 2 amide bonds. The Morgan fingerprint density at radius 2 is 1.39 bits per heavy atom. The van der Waals surface area contributed by atoms with E-state index >= 15 is 0 Å². The Morgan fingerprint density at radius 1 is 0.714 bits per heavy atom. The van der Waals surface area contributed by atoms with E-state index in [4.69, 9.17) is 18.9 Å². The molecule has 9 nitrogen and oxygen atoms in total. The summed E-state index contributed by atoms with van der Waals surface area (Å²) in [5.41, 5.74) is 6.64. The van der Waals surface area contributed by atoms with Gasteiger partial charge in [-0.05, 0) is 46.0 Å². The van der Waals surface area contributed by atoms with Gasteiger partial charge in [-0.15, -0.1) is 0 Å². The molecule has 3 saturated heterocycles. The first-order valence-electron chi connectivity index (χ1n) is 17.1. The monoisotopic (exact) mass is 660 g/mol. The average molecular weight is 661 g/mol. The first-order valence-corrected chi connectivity index (χ1v) is 17.1. The van der Waals surface area contributed by atoms with Gasteiger partial charge < -0.3 is 29.0 Å². The third kappa shape index (κ3) is 6.58. The number of fused-ring (bicyclic) bond motifs is 1. The molecule has 0 bridgehead atoms. The predicted octanol–water partition coefficient (Wildman–Crippen LogP) is 6.03. The second-order valence-electron chi connectivity index (χ2n) is 13.3. The third-order valence-corrected chi connectivity index (χ3v) is 10.2. The number of nitrogens with zero attached hydrogens (tertiary/aromatic N) is 2. The minimum absolute atomic E-state index is 0.00205. The molecule has 9 heteroatoms. The second kappa shape index (κ2) is 13.6. The van der Waals surface area contributed by atoms with E-state index in [0.29, 0.717) is 24.3 Å². The zero-order valence-corrected chi connectivity index (χ0v) is 27.3. The molecule has 4 aromatic rings. The molecule has 3 atom stereocenters. The van der Waals surface area contributed by atoms with Crippen molar-refractivity contribution in [1.29, 1.82) is 0 Å². The van der Waals surface area contributed by atoms with Gasteiger partial charge in [0.25, 0.3) is 11.8 Å². The SMILES string of the molecule is O=C1c2ccccc2C(=O)N1Cc1cccc(-c2ccc(C3OC(CN4CCC5(CC4)OCCO5)CC(c4ccc(CO)cc4)O3)cc2)c1. The lowest BCUT2D eigenvalue weighted by atomic mass is 9.98. The highest BCUT2D eigenvalue weighted by Crippen LogP contribution is 2.40. The molecule has 1 spiro atoms. The van der Waals surface area contributed by atoms with Crippen LogP contribution >= 0.6 is 0 Å². The van der Waals surface area contributed by atoms with Gasteiger partial charge in [-0.1, -0.05) is 78.9 Å². The van der Waals surface area contributed by atoms with Crippen molar-refractivity contribution >= 4 is 11.8 Å². The lowest BCUT2D eigenvalue weighted by Gasteiger charge is -2.41. The van der Waals surface area contributed by atoms with Crippen LogP contribution in [-0.4, -0.2) is 71.5 Å². The third-order valence-electron chi connectivity index (χ3n) is 10.2. The molecule has 3 fully saturated rings. The van der Waals surface area contributed by atoms with Gasteiger partial charge in [-0.3, -0.25) is 14.5 Å². The summed E-state index contributed by atoms with van der Waals surface area (Å²) in [5.74, 6) is -0.933. The fraction of sp³-hybridized carbons (Fsp3) is 0.350. The molecule has 4 aromatic carbocycles. The van der Waals surface area contributed by atoms with E-state index in [1.165, 1.54) is 4.90 Å². The zero-order chi connectivity index (χ0) is 33.4. The van der Waals surface area contributed by atoms with E-state index in [-0.39, 0.29) is 37.2 Å². The van der Waals surface area contributed by atoms with E-state index in [1.807, 2.05) is 60.7 Å². The van der Waals surface area contributed by atoms with E-state index in [2.05, 4.69) is 17.0 Å². The van der Waals surface area contributed by atoms with Crippen LogP contribution in [0.3, 0.4) is 0 Å². The Labute approximate surface area is 286 Å². The number of carbonyl (C=O) groups excluding carboxylic acids is 2. The van der Waals surface area contributed by atoms with Crippen LogP contribution in [0, 0.1) is 0 Å². The number of likely N-dealkylation sites (tertiary alicyclic amines) is 1. The summed E-state index contributed by atoms with van der Waals surface area (Å²) < 4.78 is 25.1. The number of aliphatic hydroxyl groups excluding tert-OH is 1. The molecule has 0 aliphatic carbocycles. The number of rotatable bonds is 8. The number of hydrogen-bond acceptors (Lipinski definition) is 8. The maximum atomic E-state index is 12.9. The molecular weight excluding hydrogens is 620 g/mol. The molecule has 0 aromatic heterocycles. The van der Waals surface area contributed by atoms with Gasteiger partial charge in [0.05, 0.1) is 49.7 Å². The van der Waals surface area contributed by atoms with Crippen LogP contribution < -0.4 is 0 Å². The van der Waals surface area contributed by atoms with Crippen molar-refractivity contribution in [2.45, 2.75) is 56.7 Å². The van der Waals surface area contributed by atoms with Crippen molar-refractivity contribution in [1.82, 2.24) is 9.80 Å². The first-order chi connectivity index (χ1) is 24.0. The Morgan fingerprint density at radius 3 is 2.06 bits per heavy atom. The summed E-state index contributed by atoms with van der Waals surface area (Å²) in [6.45, 7) is 4.12. The van der Waals surface area contributed by atoms with Crippen molar-refractivity contribution in [3.63, 3.8) is 0 Å². The lowest BCUT2D eigenvalue weighted by molar-refractivity contribution is -0.255. The van der Waals surface area contributed by atoms with Gasteiger partial charge in [-0.25, -0.2) is 0 Å². The second-order valence-corrected chi connectivity index (χ2v) is 13.3. The molecule has 4 aliphatic rings. The minimum atomic E-state index is -0.548. The number of amides is 2. The van der Waals surface area contributed by atoms with Crippen molar-refractivity contribution in [2.24, 2.45) is 0 Å². The molecule has 4 heterocycles. The predicted molar refractivity (Wildman–Crippen MR) is 181 cm³/mol. The molecular formula is C40H40N2O7. The molecule has 1 N–H and O–H groups in total. The van der Waals surface area contributed by atoms with E-state index in [1.54, 1.807) is 24.3 Å². The quantitative estimate of drug-likeness (QED) is 0.229. The van der Waals surface area contributed by atoms with Crippen LogP contribution in [0.2, 0.25) is 0 Å². The molecule has 49 heavy (non-hydrogen) atoms. The Balaban J connectivity index is 0.976.